The summed E-state index contributed by atoms with van der Waals surface area (Å²) in [5, 5.41) is 10.3. The molecule has 0 saturated carbocycles. The second-order valence-electron chi connectivity index (χ2n) is 5.07. The van der Waals surface area contributed by atoms with Crippen molar-refractivity contribution >= 4 is 0 Å². The van der Waals surface area contributed by atoms with Gasteiger partial charge in [0, 0.05) is 12.1 Å². The number of alkyl halides is 3. The molecule has 0 atom stereocenters. The first-order valence-corrected chi connectivity index (χ1v) is 6.78. The highest BCUT2D eigenvalue weighted by Crippen LogP contribution is 2.28. The van der Waals surface area contributed by atoms with Gasteiger partial charge in [-0.3, -0.25) is 0 Å². The van der Waals surface area contributed by atoms with Gasteiger partial charge in [0.05, 0.1) is 5.69 Å². The van der Waals surface area contributed by atoms with Gasteiger partial charge in [0.25, 0.3) is 0 Å². The van der Waals surface area contributed by atoms with Gasteiger partial charge >= 0.3 is 6.18 Å². The number of hydrogen-bond donors (Lipinski definition) is 1. The van der Waals surface area contributed by atoms with E-state index in [1.165, 1.54) is 17.2 Å². The second-order valence-corrected chi connectivity index (χ2v) is 5.07. The molecular formula is C15H14F3N3. The summed E-state index contributed by atoms with van der Waals surface area (Å²) in [6, 6.07) is 8.22. The Bertz CT molecular complexity index is 636. The molecule has 110 valence electrons. The van der Waals surface area contributed by atoms with Crippen molar-refractivity contribution in [3.63, 3.8) is 0 Å². The standard InChI is InChI=1S/C15H14F3N3/c16-15(17,18)14-6-5-13(20-21-14)11-4-3-10-2-1-7-19-9-12(10)8-11/h3-6,8,19H,1-2,7,9H2. The maximum atomic E-state index is 12.5. The first kappa shape index (κ1) is 14.0. The van der Waals surface area contributed by atoms with E-state index in [-0.39, 0.29) is 0 Å². The van der Waals surface area contributed by atoms with E-state index in [4.69, 9.17) is 0 Å². The Balaban J connectivity index is 1.92. The van der Waals surface area contributed by atoms with Gasteiger partial charge in [-0.25, -0.2) is 0 Å². The molecule has 2 aromatic rings. The Morgan fingerprint density at radius 3 is 2.57 bits per heavy atom. The fraction of sp³-hybridized carbons (Fsp3) is 0.333. The van der Waals surface area contributed by atoms with Crippen molar-refractivity contribution in [2.24, 2.45) is 0 Å². The van der Waals surface area contributed by atoms with E-state index in [0.717, 1.165) is 37.6 Å². The van der Waals surface area contributed by atoms with Crippen LogP contribution in [0.5, 0.6) is 0 Å². The molecule has 2 heterocycles. The van der Waals surface area contributed by atoms with Gasteiger partial charge in [0.2, 0.25) is 0 Å². The molecule has 1 N–H and O–H groups in total. The smallest absolute Gasteiger partial charge is 0.313 e. The van der Waals surface area contributed by atoms with Crippen molar-refractivity contribution in [3.05, 3.63) is 47.2 Å². The predicted molar refractivity (Wildman–Crippen MR) is 72.5 cm³/mol. The zero-order valence-electron chi connectivity index (χ0n) is 11.2. The van der Waals surface area contributed by atoms with Gasteiger partial charge in [-0.2, -0.15) is 13.2 Å². The van der Waals surface area contributed by atoms with E-state index in [0.29, 0.717) is 5.69 Å². The highest BCUT2D eigenvalue weighted by Gasteiger charge is 2.32. The molecule has 21 heavy (non-hydrogen) atoms. The Kier molecular flexibility index (Phi) is 3.63. The van der Waals surface area contributed by atoms with Crippen LogP contribution in [0.1, 0.15) is 23.2 Å². The SMILES string of the molecule is FC(F)(F)c1ccc(-c2ccc3c(c2)CNCCC3)nn1. The molecule has 3 rings (SSSR count). The minimum atomic E-state index is -4.46. The molecule has 3 nitrogen and oxygen atoms in total. The number of hydrogen-bond acceptors (Lipinski definition) is 3. The van der Waals surface area contributed by atoms with Crippen molar-refractivity contribution in [1.29, 1.82) is 0 Å². The van der Waals surface area contributed by atoms with E-state index in [1.54, 1.807) is 0 Å². The van der Waals surface area contributed by atoms with Crippen LogP contribution in [-0.2, 0) is 19.1 Å². The molecule has 0 aliphatic carbocycles. The summed E-state index contributed by atoms with van der Waals surface area (Å²) in [6.07, 6.45) is -2.35. The number of rotatable bonds is 1. The lowest BCUT2D eigenvalue weighted by Gasteiger charge is -2.09. The van der Waals surface area contributed by atoms with Crippen LogP contribution in [0.2, 0.25) is 0 Å². The number of aryl methyl sites for hydroxylation is 1. The largest absolute Gasteiger partial charge is 0.435 e. The molecule has 0 fully saturated rings. The van der Waals surface area contributed by atoms with Crippen LogP contribution in [0.25, 0.3) is 11.3 Å². The third-order valence-electron chi connectivity index (χ3n) is 3.57. The first-order chi connectivity index (χ1) is 10.0. The average molecular weight is 293 g/mol. The van der Waals surface area contributed by atoms with E-state index in [2.05, 4.69) is 15.5 Å². The van der Waals surface area contributed by atoms with Crippen LogP contribution in [0.4, 0.5) is 13.2 Å². The summed E-state index contributed by atoms with van der Waals surface area (Å²) in [7, 11) is 0. The van der Waals surface area contributed by atoms with Gasteiger partial charge in [-0.15, -0.1) is 10.2 Å². The predicted octanol–water partition coefficient (Wildman–Crippen LogP) is 3.20. The zero-order valence-corrected chi connectivity index (χ0v) is 11.2. The number of benzene rings is 1. The van der Waals surface area contributed by atoms with Crippen LogP contribution in [0.3, 0.4) is 0 Å². The van der Waals surface area contributed by atoms with Crippen LogP contribution in [0.15, 0.2) is 30.3 Å². The highest BCUT2D eigenvalue weighted by atomic mass is 19.4. The lowest BCUT2D eigenvalue weighted by molar-refractivity contribution is -0.141. The minimum Gasteiger partial charge on any atom is -0.313 e. The number of nitrogens with zero attached hydrogens (tertiary/aromatic N) is 2. The van der Waals surface area contributed by atoms with Crippen LogP contribution in [-0.4, -0.2) is 16.7 Å². The molecule has 1 aromatic carbocycles. The van der Waals surface area contributed by atoms with Crippen LogP contribution >= 0.6 is 0 Å². The third kappa shape index (κ3) is 3.05. The topological polar surface area (TPSA) is 37.8 Å². The van der Waals surface area contributed by atoms with Crippen molar-refractivity contribution < 1.29 is 13.2 Å². The van der Waals surface area contributed by atoms with Crippen molar-refractivity contribution in [2.75, 3.05) is 6.54 Å². The lowest BCUT2D eigenvalue weighted by atomic mass is 10.00. The molecule has 1 aromatic heterocycles. The summed E-state index contributed by atoms with van der Waals surface area (Å²) >= 11 is 0. The van der Waals surface area contributed by atoms with Gasteiger partial charge in [0.1, 0.15) is 0 Å². The fourth-order valence-electron chi connectivity index (χ4n) is 2.46. The summed E-state index contributed by atoms with van der Waals surface area (Å²) in [5.41, 5.74) is 2.73. The van der Waals surface area contributed by atoms with E-state index in [1.807, 2.05) is 18.2 Å². The number of nitrogens with one attached hydrogen (secondary N) is 1. The Hall–Kier alpha value is -1.95. The Morgan fingerprint density at radius 2 is 1.86 bits per heavy atom. The Labute approximate surface area is 120 Å². The van der Waals surface area contributed by atoms with Crippen molar-refractivity contribution in [3.8, 4) is 11.3 Å². The summed E-state index contributed by atoms with van der Waals surface area (Å²) in [4.78, 5) is 0. The van der Waals surface area contributed by atoms with Crippen LogP contribution in [0, 0.1) is 0 Å². The first-order valence-electron chi connectivity index (χ1n) is 6.78. The van der Waals surface area contributed by atoms with Gasteiger partial charge < -0.3 is 5.32 Å². The van der Waals surface area contributed by atoms with Gasteiger partial charge in [0.15, 0.2) is 5.69 Å². The normalized spacial score (nSPS) is 15.4. The molecule has 1 aliphatic rings. The van der Waals surface area contributed by atoms with Crippen LogP contribution < -0.4 is 5.32 Å². The summed E-state index contributed by atoms with van der Waals surface area (Å²) in [5.74, 6) is 0. The van der Waals surface area contributed by atoms with E-state index in [9.17, 15) is 13.2 Å². The maximum Gasteiger partial charge on any atom is 0.435 e. The monoisotopic (exact) mass is 293 g/mol. The molecular weight excluding hydrogens is 279 g/mol. The molecule has 0 amide bonds. The molecule has 0 spiro atoms. The number of aromatic nitrogens is 2. The average Bonchev–Trinajstić information content (AvgIpc) is 2.71. The quantitative estimate of drug-likeness (QED) is 0.877. The van der Waals surface area contributed by atoms with Crippen molar-refractivity contribution in [1.82, 2.24) is 15.5 Å². The molecule has 0 saturated heterocycles. The molecule has 0 bridgehead atoms. The Morgan fingerprint density at radius 1 is 1.00 bits per heavy atom. The summed E-state index contributed by atoms with van der Waals surface area (Å²) < 4.78 is 37.4. The molecule has 0 radical (unpaired) electrons. The molecule has 1 aliphatic heterocycles. The number of halogens is 3. The van der Waals surface area contributed by atoms with E-state index < -0.39 is 11.9 Å². The molecule has 0 unspecified atom stereocenters. The third-order valence-corrected chi connectivity index (χ3v) is 3.57. The lowest BCUT2D eigenvalue weighted by Crippen LogP contribution is -2.12. The second kappa shape index (κ2) is 5.44. The van der Waals surface area contributed by atoms with E-state index >= 15 is 0 Å². The highest BCUT2D eigenvalue weighted by molar-refractivity contribution is 5.60. The zero-order chi connectivity index (χ0) is 14.9. The van der Waals surface area contributed by atoms with Gasteiger partial charge in [-0.05, 0) is 48.7 Å². The fourth-order valence-corrected chi connectivity index (χ4v) is 2.46. The number of fused-ring (bicyclic) bond motifs is 1. The van der Waals surface area contributed by atoms with Crippen molar-refractivity contribution in [2.45, 2.75) is 25.6 Å². The van der Waals surface area contributed by atoms with Gasteiger partial charge in [-0.1, -0.05) is 12.1 Å². The minimum absolute atomic E-state index is 0.454. The maximum absolute atomic E-state index is 12.5. The molecule has 6 heteroatoms. The summed E-state index contributed by atoms with van der Waals surface area (Å²) in [6.45, 7) is 1.75.